The zero-order valence-electron chi connectivity index (χ0n) is 9.48. The minimum Gasteiger partial charge on any atom is -0.480 e. The number of thioether (sulfide) groups is 1. The first-order valence-electron chi connectivity index (χ1n) is 5.31. The van der Waals surface area contributed by atoms with Gasteiger partial charge in [-0.3, -0.25) is 10.1 Å². The highest BCUT2D eigenvalue weighted by Crippen LogP contribution is 2.35. The number of carboxylic acids is 1. The van der Waals surface area contributed by atoms with Gasteiger partial charge in [-0.1, -0.05) is 12.1 Å². The van der Waals surface area contributed by atoms with Crippen LogP contribution in [-0.4, -0.2) is 29.2 Å². The lowest BCUT2D eigenvalue weighted by Crippen LogP contribution is -2.33. The number of nitrogens with one attached hydrogen (secondary N) is 1. The van der Waals surface area contributed by atoms with E-state index < -0.39 is 18.4 Å². The van der Waals surface area contributed by atoms with Crippen LogP contribution in [0.4, 0.5) is 13.2 Å². The van der Waals surface area contributed by atoms with E-state index in [1.54, 1.807) is 6.07 Å². The van der Waals surface area contributed by atoms with Crippen LogP contribution < -0.4 is 10.1 Å². The van der Waals surface area contributed by atoms with Crippen molar-refractivity contribution in [3.63, 3.8) is 0 Å². The van der Waals surface area contributed by atoms with Crippen LogP contribution in [0.3, 0.4) is 0 Å². The molecule has 0 aromatic heterocycles. The Kier molecular flexibility index (Phi) is 3.91. The van der Waals surface area contributed by atoms with Crippen molar-refractivity contribution in [2.45, 2.75) is 17.8 Å². The monoisotopic (exact) mass is 293 g/mol. The number of hydrogen-bond donors (Lipinski definition) is 2. The van der Waals surface area contributed by atoms with Gasteiger partial charge in [-0.15, -0.1) is 24.9 Å². The van der Waals surface area contributed by atoms with Crippen molar-refractivity contribution in [3.8, 4) is 5.75 Å². The first-order valence-corrected chi connectivity index (χ1v) is 6.36. The average molecular weight is 293 g/mol. The van der Waals surface area contributed by atoms with E-state index in [-0.39, 0.29) is 11.1 Å². The van der Waals surface area contributed by atoms with Crippen molar-refractivity contribution >= 4 is 17.7 Å². The molecule has 104 valence electrons. The summed E-state index contributed by atoms with van der Waals surface area (Å²) >= 11 is 1.33. The van der Waals surface area contributed by atoms with Gasteiger partial charge >= 0.3 is 12.3 Å². The molecule has 1 aliphatic rings. The smallest absolute Gasteiger partial charge is 0.480 e. The van der Waals surface area contributed by atoms with E-state index in [2.05, 4.69) is 10.1 Å². The molecule has 0 aliphatic carbocycles. The fraction of sp³-hybridized carbons (Fsp3) is 0.364. The van der Waals surface area contributed by atoms with Gasteiger partial charge in [0.2, 0.25) is 0 Å². The van der Waals surface area contributed by atoms with Gasteiger partial charge in [-0.25, -0.2) is 0 Å². The Bertz CT molecular complexity index is 480. The molecule has 1 aromatic rings. The zero-order chi connectivity index (χ0) is 14.0. The molecule has 0 radical (unpaired) electrons. The molecule has 0 bridgehead atoms. The Balaban J connectivity index is 2.09. The third-order valence-electron chi connectivity index (χ3n) is 2.47. The second-order valence-electron chi connectivity index (χ2n) is 3.89. The summed E-state index contributed by atoms with van der Waals surface area (Å²) in [7, 11) is 0. The molecule has 8 heteroatoms. The van der Waals surface area contributed by atoms with Gasteiger partial charge in [0.25, 0.3) is 0 Å². The molecule has 2 unspecified atom stereocenters. The molecular weight excluding hydrogens is 283 g/mol. The summed E-state index contributed by atoms with van der Waals surface area (Å²) in [6.07, 6.45) is -4.74. The van der Waals surface area contributed by atoms with Gasteiger partial charge in [-0.2, -0.15) is 0 Å². The van der Waals surface area contributed by atoms with Crippen molar-refractivity contribution < 1.29 is 27.8 Å². The molecule has 4 nitrogen and oxygen atoms in total. The number of carboxylic acid groups (broad SMARTS) is 1. The molecule has 1 saturated heterocycles. The van der Waals surface area contributed by atoms with Gasteiger partial charge < -0.3 is 9.84 Å². The fourth-order valence-corrected chi connectivity index (χ4v) is 2.90. The third-order valence-corrected chi connectivity index (χ3v) is 3.74. The maximum absolute atomic E-state index is 12.1. The average Bonchev–Trinajstić information content (AvgIpc) is 2.76. The third kappa shape index (κ3) is 3.77. The SMILES string of the molecule is O=C(O)C1CSC(c2cccc(OC(F)(F)F)c2)N1. The van der Waals surface area contributed by atoms with E-state index in [9.17, 15) is 18.0 Å². The van der Waals surface area contributed by atoms with Crippen LogP contribution in [-0.2, 0) is 4.79 Å². The normalized spacial score (nSPS) is 23.3. The highest BCUT2D eigenvalue weighted by Gasteiger charge is 2.33. The van der Waals surface area contributed by atoms with Crippen LogP contribution >= 0.6 is 11.8 Å². The van der Waals surface area contributed by atoms with Crippen molar-refractivity contribution in [2.24, 2.45) is 0 Å². The summed E-state index contributed by atoms with van der Waals surface area (Å²) in [5, 5.41) is 11.3. The number of benzene rings is 1. The highest BCUT2D eigenvalue weighted by atomic mass is 32.2. The second kappa shape index (κ2) is 5.30. The van der Waals surface area contributed by atoms with Gasteiger partial charge in [0, 0.05) is 5.75 Å². The molecule has 1 fully saturated rings. The molecule has 1 heterocycles. The standard InChI is InChI=1S/C11H10F3NO3S/c12-11(13,14)18-7-3-1-2-6(4-7)9-15-8(5-19-9)10(16)17/h1-4,8-9,15H,5H2,(H,16,17). The second-order valence-corrected chi connectivity index (χ2v) is 5.03. The fourth-order valence-electron chi connectivity index (χ4n) is 1.68. The van der Waals surface area contributed by atoms with Crippen molar-refractivity contribution in [3.05, 3.63) is 29.8 Å². The van der Waals surface area contributed by atoms with E-state index in [0.29, 0.717) is 11.3 Å². The minimum absolute atomic E-state index is 0.314. The quantitative estimate of drug-likeness (QED) is 0.896. The van der Waals surface area contributed by atoms with Crippen molar-refractivity contribution in [1.29, 1.82) is 0 Å². The number of ether oxygens (including phenoxy) is 1. The Morgan fingerprint density at radius 3 is 2.79 bits per heavy atom. The van der Waals surface area contributed by atoms with E-state index in [4.69, 9.17) is 5.11 Å². The minimum atomic E-state index is -4.74. The van der Waals surface area contributed by atoms with E-state index in [1.807, 2.05) is 0 Å². The number of rotatable bonds is 3. The van der Waals surface area contributed by atoms with Crippen LogP contribution in [0.1, 0.15) is 10.9 Å². The summed E-state index contributed by atoms with van der Waals surface area (Å²) in [5.74, 6) is -0.923. The molecular formula is C11H10F3NO3S. The lowest BCUT2D eigenvalue weighted by atomic mass is 10.2. The maximum atomic E-state index is 12.1. The number of hydrogen-bond acceptors (Lipinski definition) is 4. The molecule has 1 aliphatic heterocycles. The summed E-state index contributed by atoms with van der Waals surface area (Å²) in [6, 6.07) is 4.82. The molecule has 2 N–H and O–H groups in total. The Morgan fingerprint density at radius 2 is 2.21 bits per heavy atom. The lowest BCUT2D eigenvalue weighted by Gasteiger charge is -2.14. The summed E-state index contributed by atoms with van der Waals surface area (Å²) in [5.41, 5.74) is 0.551. The summed E-state index contributed by atoms with van der Waals surface area (Å²) in [4.78, 5) is 10.8. The largest absolute Gasteiger partial charge is 0.573 e. The van der Waals surface area contributed by atoms with Gasteiger partial charge in [-0.05, 0) is 17.7 Å². The first kappa shape index (κ1) is 14.0. The zero-order valence-corrected chi connectivity index (χ0v) is 10.3. The molecule has 2 atom stereocenters. The highest BCUT2D eigenvalue weighted by molar-refractivity contribution is 7.99. The summed E-state index contributed by atoms with van der Waals surface area (Å²) < 4.78 is 40.1. The Labute approximate surface area is 110 Å². The van der Waals surface area contributed by atoms with Gasteiger partial charge in [0.1, 0.15) is 11.8 Å². The summed E-state index contributed by atoms with van der Waals surface area (Å²) in [6.45, 7) is 0. The molecule has 1 aromatic carbocycles. The maximum Gasteiger partial charge on any atom is 0.573 e. The van der Waals surface area contributed by atoms with Crippen LogP contribution in [0.5, 0.6) is 5.75 Å². The van der Waals surface area contributed by atoms with Crippen LogP contribution in [0.2, 0.25) is 0 Å². The molecule has 0 saturated carbocycles. The van der Waals surface area contributed by atoms with E-state index >= 15 is 0 Å². The number of carbonyl (C=O) groups is 1. The van der Waals surface area contributed by atoms with E-state index in [1.165, 1.54) is 30.0 Å². The van der Waals surface area contributed by atoms with E-state index in [0.717, 1.165) is 0 Å². The van der Waals surface area contributed by atoms with Crippen molar-refractivity contribution in [1.82, 2.24) is 5.32 Å². The topological polar surface area (TPSA) is 58.6 Å². The Morgan fingerprint density at radius 1 is 1.47 bits per heavy atom. The molecule has 2 rings (SSSR count). The number of halogens is 3. The van der Waals surface area contributed by atoms with Gasteiger partial charge in [0.15, 0.2) is 0 Å². The van der Waals surface area contributed by atoms with Gasteiger partial charge in [0.05, 0.1) is 5.37 Å². The molecule has 0 spiro atoms. The Hall–Kier alpha value is -1.41. The van der Waals surface area contributed by atoms with Crippen LogP contribution in [0.15, 0.2) is 24.3 Å². The predicted octanol–water partition coefficient (Wildman–Crippen LogP) is 2.37. The van der Waals surface area contributed by atoms with Crippen LogP contribution in [0, 0.1) is 0 Å². The molecule has 0 amide bonds. The lowest BCUT2D eigenvalue weighted by molar-refractivity contribution is -0.274. The first-order chi connectivity index (χ1) is 8.85. The van der Waals surface area contributed by atoms with Crippen molar-refractivity contribution in [2.75, 3.05) is 5.75 Å². The predicted molar refractivity (Wildman–Crippen MR) is 62.9 cm³/mol. The number of aliphatic carboxylic acids is 1. The number of alkyl halides is 3. The molecule has 19 heavy (non-hydrogen) atoms. The van der Waals surface area contributed by atoms with Crippen LogP contribution in [0.25, 0.3) is 0 Å².